The molecule has 110 valence electrons. The van der Waals surface area contributed by atoms with Crippen molar-refractivity contribution < 1.29 is 19.1 Å². The zero-order valence-corrected chi connectivity index (χ0v) is 12.4. The first-order valence-electron chi connectivity index (χ1n) is 6.63. The maximum absolute atomic E-state index is 11.8. The Balaban J connectivity index is 2.81. The maximum Gasteiger partial charge on any atom is 0.260 e. The summed E-state index contributed by atoms with van der Waals surface area (Å²) in [7, 11) is 1.49. The van der Waals surface area contributed by atoms with Crippen molar-refractivity contribution in [3.8, 4) is 11.5 Å². The number of methoxy groups -OCH3 is 1. The van der Waals surface area contributed by atoms with E-state index in [0.29, 0.717) is 23.6 Å². The third kappa shape index (κ3) is 4.26. The average molecular weight is 279 g/mol. The highest BCUT2D eigenvalue weighted by Gasteiger charge is 2.17. The molecule has 1 N–H and O–H groups in total. The Morgan fingerprint density at radius 3 is 2.55 bits per heavy atom. The molecule has 1 amide bonds. The summed E-state index contributed by atoms with van der Waals surface area (Å²) >= 11 is 0. The summed E-state index contributed by atoms with van der Waals surface area (Å²) < 4.78 is 10.8. The lowest BCUT2D eigenvalue weighted by molar-refractivity contribution is -0.127. The minimum absolute atomic E-state index is 0.0522. The molecule has 0 aliphatic heterocycles. The summed E-state index contributed by atoms with van der Waals surface area (Å²) in [6, 6.07) is 4.89. The molecule has 0 aliphatic rings. The molecule has 0 aliphatic carbocycles. The van der Waals surface area contributed by atoms with Crippen molar-refractivity contribution in [2.75, 3.05) is 13.7 Å². The number of ether oxygens (including phenoxy) is 2. The van der Waals surface area contributed by atoms with E-state index in [2.05, 4.69) is 5.32 Å². The molecule has 1 unspecified atom stereocenters. The number of hydrogen-bond acceptors (Lipinski definition) is 4. The Morgan fingerprint density at radius 2 is 2.00 bits per heavy atom. The number of nitrogens with one attached hydrogen (secondary N) is 1. The van der Waals surface area contributed by atoms with E-state index in [-0.39, 0.29) is 11.7 Å². The first-order valence-corrected chi connectivity index (χ1v) is 6.63. The van der Waals surface area contributed by atoms with Gasteiger partial charge in [0.1, 0.15) is 0 Å². The van der Waals surface area contributed by atoms with Crippen molar-refractivity contribution >= 4 is 11.7 Å². The van der Waals surface area contributed by atoms with E-state index in [1.807, 2.05) is 6.92 Å². The SMILES string of the molecule is CCCNC(=O)C(C)Oc1ccc(C(C)=O)cc1OC. The van der Waals surface area contributed by atoms with Crippen molar-refractivity contribution in [1.82, 2.24) is 5.32 Å². The van der Waals surface area contributed by atoms with Gasteiger partial charge in [0, 0.05) is 12.1 Å². The largest absolute Gasteiger partial charge is 0.493 e. The van der Waals surface area contributed by atoms with Crippen LogP contribution in [0.1, 0.15) is 37.6 Å². The van der Waals surface area contributed by atoms with Gasteiger partial charge in [-0.3, -0.25) is 9.59 Å². The third-order valence-electron chi connectivity index (χ3n) is 2.79. The van der Waals surface area contributed by atoms with E-state index in [0.717, 1.165) is 6.42 Å². The molecule has 0 fully saturated rings. The van der Waals surface area contributed by atoms with E-state index in [4.69, 9.17) is 9.47 Å². The Bertz CT molecular complexity index is 485. The fraction of sp³-hybridized carbons (Fsp3) is 0.467. The zero-order valence-electron chi connectivity index (χ0n) is 12.4. The molecule has 1 atom stereocenters. The van der Waals surface area contributed by atoms with E-state index in [1.165, 1.54) is 14.0 Å². The van der Waals surface area contributed by atoms with Crippen molar-refractivity contribution in [3.63, 3.8) is 0 Å². The van der Waals surface area contributed by atoms with Gasteiger partial charge in [0.2, 0.25) is 0 Å². The molecule has 5 heteroatoms. The minimum atomic E-state index is -0.626. The summed E-state index contributed by atoms with van der Waals surface area (Å²) in [6.07, 6.45) is 0.244. The van der Waals surface area contributed by atoms with E-state index in [9.17, 15) is 9.59 Å². The minimum Gasteiger partial charge on any atom is -0.493 e. The molecule has 20 heavy (non-hydrogen) atoms. The van der Waals surface area contributed by atoms with Crippen LogP contribution in [-0.4, -0.2) is 31.4 Å². The van der Waals surface area contributed by atoms with Crippen LogP contribution in [0.25, 0.3) is 0 Å². The third-order valence-corrected chi connectivity index (χ3v) is 2.79. The van der Waals surface area contributed by atoms with Crippen molar-refractivity contribution in [1.29, 1.82) is 0 Å². The van der Waals surface area contributed by atoms with Crippen molar-refractivity contribution in [2.24, 2.45) is 0 Å². The van der Waals surface area contributed by atoms with Gasteiger partial charge in [-0.05, 0) is 38.5 Å². The molecule has 1 aromatic rings. The van der Waals surface area contributed by atoms with Gasteiger partial charge < -0.3 is 14.8 Å². The molecule has 1 aromatic carbocycles. The van der Waals surface area contributed by atoms with Gasteiger partial charge in [-0.2, -0.15) is 0 Å². The van der Waals surface area contributed by atoms with Gasteiger partial charge in [-0.15, -0.1) is 0 Å². The number of amides is 1. The summed E-state index contributed by atoms with van der Waals surface area (Å²) in [5.74, 6) is 0.651. The van der Waals surface area contributed by atoms with Crippen LogP contribution in [0.5, 0.6) is 11.5 Å². The van der Waals surface area contributed by atoms with Crippen LogP contribution in [0.15, 0.2) is 18.2 Å². The number of hydrogen-bond donors (Lipinski definition) is 1. The van der Waals surface area contributed by atoms with Gasteiger partial charge in [-0.25, -0.2) is 0 Å². The van der Waals surface area contributed by atoms with Gasteiger partial charge in [0.05, 0.1) is 7.11 Å². The zero-order chi connectivity index (χ0) is 15.1. The molecule has 5 nitrogen and oxygen atoms in total. The Labute approximate surface area is 119 Å². The molecular formula is C15H21NO4. The summed E-state index contributed by atoms with van der Waals surface area (Å²) in [6.45, 7) is 5.75. The van der Waals surface area contributed by atoms with Crippen LogP contribution in [0.2, 0.25) is 0 Å². The topological polar surface area (TPSA) is 64.6 Å². The Hall–Kier alpha value is -2.04. The predicted octanol–water partition coefficient (Wildman–Crippen LogP) is 2.19. The number of carbonyl (C=O) groups excluding carboxylic acids is 2. The number of carbonyl (C=O) groups is 2. The fourth-order valence-corrected chi connectivity index (χ4v) is 1.62. The van der Waals surface area contributed by atoms with Crippen molar-refractivity contribution in [3.05, 3.63) is 23.8 Å². The predicted molar refractivity (Wildman–Crippen MR) is 76.4 cm³/mol. The summed E-state index contributed by atoms with van der Waals surface area (Å²) in [4.78, 5) is 23.1. The van der Waals surface area contributed by atoms with Crippen LogP contribution in [0.4, 0.5) is 0 Å². The quantitative estimate of drug-likeness (QED) is 0.777. The molecule has 0 aromatic heterocycles. The molecule has 0 saturated heterocycles. The fourth-order valence-electron chi connectivity index (χ4n) is 1.62. The lowest BCUT2D eigenvalue weighted by Crippen LogP contribution is -2.36. The van der Waals surface area contributed by atoms with Crippen LogP contribution in [0.3, 0.4) is 0 Å². The Morgan fingerprint density at radius 1 is 1.30 bits per heavy atom. The highest BCUT2D eigenvalue weighted by atomic mass is 16.5. The van der Waals surface area contributed by atoms with Gasteiger partial charge in [0.15, 0.2) is 23.4 Å². The van der Waals surface area contributed by atoms with E-state index < -0.39 is 6.10 Å². The molecule has 0 saturated carbocycles. The van der Waals surface area contributed by atoms with Gasteiger partial charge in [-0.1, -0.05) is 6.92 Å². The Kier molecular flexibility index (Phi) is 6.03. The van der Waals surface area contributed by atoms with Crippen LogP contribution in [0, 0.1) is 0 Å². The first kappa shape index (κ1) is 16.0. The second-order valence-electron chi connectivity index (χ2n) is 4.47. The normalized spacial score (nSPS) is 11.6. The van der Waals surface area contributed by atoms with Crippen LogP contribution >= 0.6 is 0 Å². The average Bonchev–Trinajstić information content (AvgIpc) is 2.44. The molecule has 0 spiro atoms. The van der Waals surface area contributed by atoms with Crippen molar-refractivity contribution in [2.45, 2.75) is 33.3 Å². The number of benzene rings is 1. The van der Waals surface area contributed by atoms with Crippen LogP contribution in [-0.2, 0) is 4.79 Å². The second-order valence-corrected chi connectivity index (χ2v) is 4.47. The lowest BCUT2D eigenvalue weighted by atomic mass is 10.1. The number of Topliss-reactive ketones (excluding diaryl/α,β-unsaturated/α-hetero) is 1. The molecule has 0 heterocycles. The standard InChI is InChI=1S/C15H21NO4/c1-5-8-16-15(18)11(3)20-13-7-6-12(10(2)17)9-14(13)19-4/h6-7,9,11H,5,8H2,1-4H3,(H,16,18). The summed E-state index contributed by atoms with van der Waals surface area (Å²) in [5.41, 5.74) is 0.539. The number of rotatable bonds is 7. The van der Waals surface area contributed by atoms with Gasteiger partial charge >= 0.3 is 0 Å². The highest BCUT2D eigenvalue weighted by Crippen LogP contribution is 2.29. The van der Waals surface area contributed by atoms with Crippen LogP contribution < -0.4 is 14.8 Å². The molecule has 0 radical (unpaired) electrons. The second kappa shape index (κ2) is 7.53. The molecular weight excluding hydrogens is 258 g/mol. The van der Waals surface area contributed by atoms with E-state index in [1.54, 1.807) is 25.1 Å². The summed E-state index contributed by atoms with van der Waals surface area (Å²) in [5, 5.41) is 2.76. The number of ketones is 1. The van der Waals surface area contributed by atoms with E-state index >= 15 is 0 Å². The lowest BCUT2D eigenvalue weighted by Gasteiger charge is -2.17. The molecule has 1 rings (SSSR count). The monoisotopic (exact) mass is 279 g/mol. The first-order chi connectivity index (χ1) is 9.49. The highest BCUT2D eigenvalue weighted by molar-refractivity contribution is 5.94. The van der Waals surface area contributed by atoms with Gasteiger partial charge in [0.25, 0.3) is 5.91 Å². The molecule has 0 bridgehead atoms. The smallest absolute Gasteiger partial charge is 0.260 e. The maximum atomic E-state index is 11.8.